The first-order valence-corrected chi connectivity index (χ1v) is 6.29. The van der Waals surface area contributed by atoms with E-state index in [9.17, 15) is 0 Å². The Bertz CT molecular complexity index is 366. The van der Waals surface area contributed by atoms with Gasteiger partial charge in [0.1, 0.15) is 0 Å². The molecule has 1 unspecified atom stereocenters. The smallest absolute Gasteiger partial charge is 0.0664 e. The van der Waals surface area contributed by atoms with Crippen LogP contribution in [0.3, 0.4) is 0 Å². The molecule has 4 N–H and O–H groups in total. The lowest BCUT2D eigenvalue weighted by molar-refractivity contribution is 0.170. The number of methoxy groups -OCH3 is 1. The predicted molar refractivity (Wildman–Crippen MR) is 74.3 cm³/mol. The molecule has 0 radical (unpaired) electrons. The summed E-state index contributed by atoms with van der Waals surface area (Å²) in [7, 11) is 1.65. The van der Waals surface area contributed by atoms with E-state index in [1.807, 2.05) is 19.1 Å². The maximum absolute atomic E-state index is 8.98. The summed E-state index contributed by atoms with van der Waals surface area (Å²) < 4.78 is 6.03. The maximum atomic E-state index is 8.98. The van der Waals surface area contributed by atoms with E-state index >= 15 is 0 Å². The van der Waals surface area contributed by atoms with Crippen molar-refractivity contribution in [2.75, 3.05) is 31.4 Å². The minimum Gasteiger partial charge on any atom is -0.398 e. The Balaban J connectivity index is 2.81. The molecule has 0 aliphatic carbocycles. The zero-order chi connectivity index (χ0) is 12.8. The van der Waals surface area contributed by atoms with Gasteiger partial charge in [-0.1, -0.05) is 0 Å². The van der Waals surface area contributed by atoms with Gasteiger partial charge < -0.3 is 20.9 Å². The molecule has 0 aliphatic heterocycles. The second-order valence-corrected chi connectivity index (χ2v) is 4.85. The number of benzene rings is 1. The fraction of sp³-hybridized carbons (Fsp3) is 0.500. The van der Waals surface area contributed by atoms with Crippen LogP contribution in [-0.4, -0.2) is 31.5 Å². The van der Waals surface area contributed by atoms with Gasteiger partial charge >= 0.3 is 0 Å². The predicted octanol–water partition coefficient (Wildman–Crippen LogP) is 2.15. The summed E-state index contributed by atoms with van der Waals surface area (Å²) >= 11 is 3.47. The van der Waals surface area contributed by atoms with Crippen LogP contribution in [0, 0.1) is 6.92 Å². The number of halogens is 1. The summed E-state index contributed by atoms with van der Waals surface area (Å²) in [5.74, 6) is 0. The van der Waals surface area contributed by atoms with E-state index in [0.717, 1.165) is 21.4 Å². The van der Waals surface area contributed by atoms with Crippen LogP contribution in [-0.2, 0) is 4.74 Å². The highest BCUT2D eigenvalue weighted by atomic mass is 79.9. The number of nitrogens with two attached hydrogens (primary N) is 1. The molecule has 0 fully saturated rings. The molecular formula is C12H19BrN2O2. The topological polar surface area (TPSA) is 67.5 Å². The minimum atomic E-state index is 0.0873. The van der Waals surface area contributed by atoms with Crippen LogP contribution in [0.5, 0.6) is 0 Å². The van der Waals surface area contributed by atoms with Crippen LogP contribution in [0.1, 0.15) is 12.0 Å². The van der Waals surface area contributed by atoms with Gasteiger partial charge in [0, 0.05) is 29.6 Å². The highest BCUT2D eigenvalue weighted by Gasteiger charge is 2.10. The molecule has 1 aromatic rings. The molecule has 0 aliphatic rings. The highest BCUT2D eigenvalue weighted by Crippen LogP contribution is 2.28. The van der Waals surface area contributed by atoms with Gasteiger partial charge in [-0.2, -0.15) is 0 Å². The Morgan fingerprint density at radius 2 is 2.24 bits per heavy atom. The third-order valence-electron chi connectivity index (χ3n) is 2.56. The van der Waals surface area contributed by atoms with Gasteiger partial charge in [-0.05, 0) is 47.0 Å². The molecule has 96 valence electrons. The van der Waals surface area contributed by atoms with Gasteiger partial charge in [-0.25, -0.2) is 0 Å². The van der Waals surface area contributed by atoms with Crippen molar-refractivity contribution in [3.63, 3.8) is 0 Å². The van der Waals surface area contributed by atoms with E-state index in [0.29, 0.717) is 13.0 Å². The molecule has 0 saturated heterocycles. The molecule has 1 atom stereocenters. The third kappa shape index (κ3) is 4.18. The van der Waals surface area contributed by atoms with Gasteiger partial charge in [-0.15, -0.1) is 0 Å². The maximum Gasteiger partial charge on any atom is 0.0664 e. The summed E-state index contributed by atoms with van der Waals surface area (Å²) in [6, 6.07) is 3.95. The second-order valence-electron chi connectivity index (χ2n) is 4.00. The Morgan fingerprint density at radius 1 is 1.53 bits per heavy atom. The van der Waals surface area contributed by atoms with Crippen LogP contribution in [0.4, 0.5) is 11.4 Å². The molecule has 5 heteroatoms. The Kier molecular flexibility index (Phi) is 5.74. The first-order valence-electron chi connectivity index (χ1n) is 5.50. The van der Waals surface area contributed by atoms with Crippen LogP contribution in [0.2, 0.25) is 0 Å². The van der Waals surface area contributed by atoms with Crippen LogP contribution in [0.25, 0.3) is 0 Å². The zero-order valence-corrected chi connectivity index (χ0v) is 11.8. The molecule has 4 nitrogen and oxygen atoms in total. The minimum absolute atomic E-state index is 0.0873. The lowest BCUT2D eigenvalue weighted by Crippen LogP contribution is -2.26. The van der Waals surface area contributed by atoms with Crippen molar-refractivity contribution in [2.24, 2.45) is 0 Å². The van der Waals surface area contributed by atoms with E-state index in [2.05, 4.69) is 21.2 Å². The fourth-order valence-electron chi connectivity index (χ4n) is 1.58. The monoisotopic (exact) mass is 302 g/mol. The largest absolute Gasteiger partial charge is 0.398 e. The number of aliphatic hydroxyl groups is 1. The van der Waals surface area contributed by atoms with E-state index in [1.165, 1.54) is 0 Å². The SMILES string of the molecule is COCC(CCO)Nc1cc(C)c(N)cc1Br. The Hall–Kier alpha value is -0.780. The third-order valence-corrected chi connectivity index (χ3v) is 3.22. The normalized spacial score (nSPS) is 12.5. The number of hydrogen-bond donors (Lipinski definition) is 3. The molecule has 0 saturated carbocycles. The molecule has 0 spiro atoms. The average Bonchev–Trinajstić information content (AvgIpc) is 2.26. The summed E-state index contributed by atoms with van der Waals surface area (Å²) in [4.78, 5) is 0. The van der Waals surface area contributed by atoms with Gasteiger partial charge in [0.2, 0.25) is 0 Å². The summed E-state index contributed by atoms with van der Waals surface area (Å²) in [6.07, 6.45) is 0.643. The van der Waals surface area contributed by atoms with Crippen molar-refractivity contribution in [1.29, 1.82) is 0 Å². The van der Waals surface area contributed by atoms with Crippen molar-refractivity contribution in [3.8, 4) is 0 Å². The first kappa shape index (κ1) is 14.3. The molecule has 1 aromatic carbocycles. The molecule has 0 aromatic heterocycles. The number of hydrogen-bond acceptors (Lipinski definition) is 4. The Morgan fingerprint density at radius 3 is 2.82 bits per heavy atom. The van der Waals surface area contributed by atoms with Gasteiger partial charge in [0.25, 0.3) is 0 Å². The van der Waals surface area contributed by atoms with Gasteiger partial charge in [-0.3, -0.25) is 0 Å². The lowest BCUT2D eigenvalue weighted by atomic mass is 10.1. The lowest BCUT2D eigenvalue weighted by Gasteiger charge is -2.20. The fourth-order valence-corrected chi connectivity index (χ4v) is 2.06. The molecule has 17 heavy (non-hydrogen) atoms. The van der Waals surface area contributed by atoms with Crippen molar-refractivity contribution in [2.45, 2.75) is 19.4 Å². The highest BCUT2D eigenvalue weighted by molar-refractivity contribution is 9.10. The van der Waals surface area contributed by atoms with Gasteiger partial charge in [0.15, 0.2) is 0 Å². The standard InChI is InChI=1S/C12H19BrN2O2/c1-8-5-12(10(13)6-11(8)14)15-9(3-4-16)7-17-2/h5-6,9,15-16H,3-4,7,14H2,1-2H3. The van der Waals surface area contributed by atoms with E-state index < -0.39 is 0 Å². The summed E-state index contributed by atoms with van der Waals surface area (Å²) in [5, 5.41) is 12.3. The Labute approximate surface area is 110 Å². The number of aryl methyl sites for hydroxylation is 1. The number of anilines is 2. The molecule has 0 heterocycles. The first-order chi connectivity index (χ1) is 8.08. The number of ether oxygens (including phenoxy) is 1. The number of aliphatic hydroxyl groups excluding tert-OH is 1. The summed E-state index contributed by atoms with van der Waals surface area (Å²) in [6.45, 7) is 2.65. The number of rotatable bonds is 6. The quantitative estimate of drug-likeness (QED) is 0.704. The summed E-state index contributed by atoms with van der Waals surface area (Å²) in [5.41, 5.74) is 8.56. The van der Waals surface area contributed by atoms with E-state index in [4.69, 9.17) is 15.6 Å². The van der Waals surface area contributed by atoms with Crippen molar-refractivity contribution in [3.05, 3.63) is 22.2 Å². The van der Waals surface area contributed by atoms with Crippen LogP contribution < -0.4 is 11.1 Å². The average molecular weight is 303 g/mol. The molecule has 1 rings (SSSR count). The van der Waals surface area contributed by atoms with Gasteiger partial charge in [0.05, 0.1) is 12.6 Å². The molecule has 0 amide bonds. The number of nitrogen functional groups attached to an aromatic ring is 1. The van der Waals surface area contributed by atoms with Crippen molar-refractivity contribution in [1.82, 2.24) is 0 Å². The van der Waals surface area contributed by atoms with E-state index in [-0.39, 0.29) is 12.6 Å². The second kappa shape index (κ2) is 6.83. The molecular weight excluding hydrogens is 284 g/mol. The zero-order valence-electron chi connectivity index (χ0n) is 10.2. The van der Waals surface area contributed by atoms with Crippen molar-refractivity contribution < 1.29 is 9.84 Å². The van der Waals surface area contributed by atoms with Crippen molar-refractivity contribution >= 4 is 27.3 Å². The number of nitrogens with one attached hydrogen (secondary N) is 1. The molecule has 0 bridgehead atoms. The van der Waals surface area contributed by atoms with Crippen LogP contribution >= 0.6 is 15.9 Å². The van der Waals surface area contributed by atoms with E-state index in [1.54, 1.807) is 7.11 Å². The van der Waals surface area contributed by atoms with Crippen LogP contribution in [0.15, 0.2) is 16.6 Å².